The van der Waals surface area contributed by atoms with Gasteiger partial charge >= 0.3 is 0 Å². The predicted molar refractivity (Wildman–Crippen MR) is 86.9 cm³/mol. The Kier molecular flexibility index (Phi) is 5.08. The van der Waals surface area contributed by atoms with Crippen molar-refractivity contribution in [1.29, 1.82) is 0 Å². The van der Waals surface area contributed by atoms with Gasteiger partial charge in [-0.25, -0.2) is 0 Å². The van der Waals surface area contributed by atoms with Crippen LogP contribution in [0.15, 0.2) is 50.7 Å². The van der Waals surface area contributed by atoms with Crippen LogP contribution < -0.4 is 5.32 Å². The van der Waals surface area contributed by atoms with Gasteiger partial charge in [-0.05, 0) is 50.2 Å². The third-order valence-electron chi connectivity index (χ3n) is 2.95. The van der Waals surface area contributed by atoms with Crippen molar-refractivity contribution in [1.82, 2.24) is 5.32 Å². The van der Waals surface area contributed by atoms with Gasteiger partial charge in [-0.2, -0.15) is 0 Å². The number of aryl methyl sites for hydroxylation is 2. The maximum atomic E-state index is 3.56. The maximum Gasteiger partial charge on any atom is 0.0213 e. The minimum absolute atomic E-state index is 0.889. The molecular weight excluding hydrogens is 318 g/mol. The Bertz CT molecular complexity index is 581. The molecule has 0 saturated carbocycles. The van der Waals surface area contributed by atoms with Crippen molar-refractivity contribution in [3.8, 4) is 0 Å². The van der Waals surface area contributed by atoms with Crippen LogP contribution in [0.4, 0.5) is 0 Å². The average Bonchev–Trinajstić information content (AvgIpc) is 2.36. The third kappa shape index (κ3) is 3.85. The molecule has 0 amide bonds. The van der Waals surface area contributed by atoms with E-state index in [0.717, 1.165) is 11.0 Å². The Morgan fingerprint density at radius 1 is 1.05 bits per heavy atom. The summed E-state index contributed by atoms with van der Waals surface area (Å²) in [7, 11) is 1.98. The Balaban J connectivity index is 2.33. The first-order valence-electron chi connectivity index (χ1n) is 6.28. The van der Waals surface area contributed by atoms with Crippen molar-refractivity contribution in [3.05, 3.63) is 57.6 Å². The lowest BCUT2D eigenvalue weighted by Crippen LogP contribution is -2.06. The first-order valence-corrected chi connectivity index (χ1v) is 7.89. The summed E-state index contributed by atoms with van der Waals surface area (Å²) >= 11 is 5.39. The van der Waals surface area contributed by atoms with Crippen molar-refractivity contribution in [2.24, 2.45) is 0 Å². The fourth-order valence-corrected chi connectivity index (χ4v) is 3.55. The second kappa shape index (κ2) is 6.60. The molecule has 100 valence electrons. The Hall–Kier alpha value is -0.770. The average molecular weight is 336 g/mol. The molecule has 0 aliphatic rings. The fraction of sp³-hybridized carbons (Fsp3) is 0.250. The van der Waals surface area contributed by atoms with Crippen LogP contribution in [-0.2, 0) is 6.54 Å². The van der Waals surface area contributed by atoms with Crippen LogP contribution in [0.3, 0.4) is 0 Å². The lowest BCUT2D eigenvalue weighted by atomic mass is 10.2. The third-order valence-corrected chi connectivity index (χ3v) is 4.72. The van der Waals surface area contributed by atoms with E-state index in [-0.39, 0.29) is 0 Å². The summed E-state index contributed by atoms with van der Waals surface area (Å²) in [5.41, 5.74) is 3.97. The molecule has 1 nitrogen and oxygen atoms in total. The summed E-state index contributed by atoms with van der Waals surface area (Å²) in [5, 5.41) is 3.22. The van der Waals surface area contributed by atoms with Gasteiger partial charge in [-0.15, -0.1) is 0 Å². The molecule has 2 aromatic carbocycles. The molecule has 0 fully saturated rings. The summed E-state index contributed by atoms with van der Waals surface area (Å²) in [6.45, 7) is 5.19. The second-order valence-electron chi connectivity index (χ2n) is 4.65. The van der Waals surface area contributed by atoms with E-state index >= 15 is 0 Å². The van der Waals surface area contributed by atoms with E-state index in [9.17, 15) is 0 Å². The van der Waals surface area contributed by atoms with Crippen LogP contribution in [0.1, 0.15) is 16.7 Å². The lowest BCUT2D eigenvalue weighted by Gasteiger charge is -2.11. The van der Waals surface area contributed by atoms with E-state index in [4.69, 9.17) is 0 Å². The minimum Gasteiger partial charge on any atom is -0.316 e. The molecule has 3 heteroatoms. The van der Waals surface area contributed by atoms with Gasteiger partial charge in [0.2, 0.25) is 0 Å². The fourth-order valence-electron chi connectivity index (χ4n) is 1.99. The minimum atomic E-state index is 0.889. The molecule has 0 aliphatic heterocycles. The van der Waals surface area contributed by atoms with Crippen molar-refractivity contribution >= 4 is 27.7 Å². The molecule has 0 saturated heterocycles. The molecule has 2 rings (SSSR count). The van der Waals surface area contributed by atoms with E-state index < -0.39 is 0 Å². The molecule has 0 bridgehead atoms. The zero-order valence-corrected chi connectivity index (χ0v) is 13.9. The van der Waals surface area contributed by atoms with E-state index in [1.807, 2.05) is 18.8 Å². The zero-order chi connectivity index (χ0) is 13.8. The van der Waals surface area contributed by atoms with Crippen LogP contribution in [0, 0.1) is 13.8 Å². The monoisotopic (exact) mass is 335 g/mol. The number of hydrogen-bond donors (Lipinski definition) is 1. The number of hydrogen-bond acceptors (Lipinski definition) is 2. The van der Waals surface area contributed by atoms with Gasteiger partial charge in [0.1, 0.15) is 0 Å². The largest absolute Gasteiger partial charge is 0.316 e. The van der Waals surface area contributed by atoms with Crippen LogP contribution in [0.5, 0.6) is 0 Å². The topological polar surface area (TPSA) is 12.0 Å². The highest BCUT2D eigenvalue weighted by Crippen LogP contribution is 2.34. The molecule has 0 unspecified atom stereocenters. The molecule has 0 spiro atoms. The smallest absolute Gasteiger partial charge is 0.0213 e. The Labute approximate surface area is 127 Å². The van der Waals surface area contributed by atoms with Gasteiger partial charge < -0.3 is 5.32 Å². The van der Waals surface area contributed by atoms with E-state index in [1.165, 1.54) is 26.5 Å². The number of rotatable bonds is 4. The normalized spacial score (nSPS) is 10.7. The SMILES string of the molecule is CNCc1ccc(Br)cc1Sc1ccc(C)cc1C. The molecule has 1 N–H and O–H groups in total. The van der Waals surface area contributed by atoms with Gasteiger partial charge in [0, 0.05) is 20.8 Å². The number of benzene rings is 2. The maximum absolute atomic E-state index is 3.56. The highest BCUT2D eigenvalue weighted by atomic mass is 79.9. The van der Waals surface area contributed by atoms with Crippen molar-refractivity contribution < 1.29 is 0 Å². The van der Waals surface area contributed by atoms with Gasteiger partial charge in [0.05, 0.1) is 0 Å². The van der Waals surface area contributed by atoms with Gasteiger partial charge in [0.25, 0.3) is 0 Å². The van der Waals surface area contributed by atoms with Crippen molar-refractivity contribution in [2.45, 2.75) is 30.2 Å². The van der Waals surface area contributed by atoms with Crippen LogP contribution in [0.2, 0.25) is 0 Å². The number of halogens is 1. The molecule has 0 aromatic heterocycles. The van der Waals surface area contributed by atoms with Crippen LogP contribution in [0.25, 0.3) is 0 Å². The van der Waals surface area contributed by atoms with Crippen LogP contribution in [-0.4, -0.2) is 7.05 Å². The molecule has 0 aliphatic carbocycles. The summed E-state index contributed by atoms with van der Waals surface area (Å²) < 4.78 is 1.12. The highest BCUT2D eigenvalue weighted by molar-refractivity contribution is 9.10. The van der Waals surface area contributed by atoms with Crippen molar-refractivity contribution in [3.63, 3.8) is 0 Å². The zero-order valence-electron chi connectivity index (χ0n) is 11.5. The lowest BCUT2D eigenvalue weighted by molar-refractivity contribution is 0.803. The molecule has 0 atom stereocenters. The number of nitrogens with one attached hydrogen (secondary N) is 1. The molecular formula is C16H18BrNS. The second-order valence-corrected chi connectivity index (χ2v) is 6.65. The van der Waals surface area contributed by atoms with Gasteiger partial charge in [0.15, 0.2) is 0 Å². The van der Waals surface area contributed by atoms with E-state index in [1.54, 1.807) is 0 Å². The van der Waals surface area contributed by atoms with E-state index in [0.29, 0.717) is 0 Å². The summed E-state index contributed by atoms with van der Waals surface area (Å²) in [6.07, 6.45) is 0. The summed E-state index contributed by atoms with van der Waals surface area (Å²) in [5.74, 6) is 0. The van der Waals surface area contributed by atoms with E-state index in [2.05, 4.69) is 71.5 Å². The van der Waals surface area contributed by atoms with Gasteiger partial charge in [-0.3, -0.25) is 0 Å². The molecule has 19 heavy (non-hydrogen) atoms. The summed E-state index contributed by atoms with van der Waals surface area (Å²) in [4.78, 5) is 2.62. The molecule has 2 aromatic rings. The molecule has 0 heterocycles. The van der Waals surface area contributed by atoms with Crippen molar-refractivity contribution in [2.75, 3.05) is 7.05 Å². The standard InChI is InChI=1S/C16H18BrNS/c1-11-4-7-15(12(2)8-11)19-16-9-14(17)6-5-13(16)10-18-3/h4-9,18H,10H2,1-3H3. The predicted octanol–water partition coefficient (Wildman–Crippen LogP) is 4.94. The first kappa shape index (κ1) is 14.6. The molecule has 0 radical (unpaired) electrons. The Morgan fingerprint density at radius 2 is 1.84 bits per heavy atom. The highest BCUT2D eigenvalue weighted by Gasteiger charge is 2.07. The van der Waals surface area contributed by atoms with Gasteiger partial charge in [-0.1, -0.05) is 51.5 Å². The first-order chi connectivity index (χ1) is 9.10. The quantitative estimate of drug-likeness (QED) is 0.849. The van der Waals surface area contributed by atoms with Crippen LogP contribution >= 0.6 is 27.7 Å². The summed E-state index contributed by atoms with van der Waals surface area (Å²) in [6, 6.07) is 13.1. The Morgan fingerprint density at radius 3 is 2.53 bits per heavy atom.